The monoisotopic (exact) mass is 285 g/mol. The van der Waals surface area contributed by atoms with Crippen LogP contribution in [0.3, 0.4) is 0 Å². The first-order valence-corrected chi connectivity index (χ1v) is 7.41. The van der Waals surface area contributed by atoms with Crippen LogP contribution in [0.1, 0.15) is 24.9 Å². The second kappa shape index (κ2) is 8.32. The van der Waals surface area contributed by atoms with E-state index < -0.39 is 0 Å². The lowest BCUT2D eigenvalue weighted by Gasteiger charge is -2.17. The van der Waals surface area contributed by atoms with Gasteiger partial charge in [0.25, 0.3) is 0 Å². The van der Waals surface area contributed by atoms with Gasteiger partial charge in [-0.1, -0.05) is 37.3 Å². The molecule has 1 atom stereocenters. The molecule has 0 aromatic heterocycles. The van der Waals surface area contributed by atoms with Gasteiger partial charge in [0, 0.05) is 0 Å². The Kier molecular flexibility index (Phi) is 6.10. The molecule has 0 aliphatic heterocycles. The molecule has 0 amide bonds. The summed E-state index contributed by atoms with van der Waals surface area (Å²) in [5.41, 5.74) is 1.22. The third-order valence-corrected chi connectivity index (χ3v) is 3.26. The third kappa shape index (κ3) is 4.80. The van der Waals surface area contributed by atoms with Gasteiger partial charge in [0.15, 0.2) is 0 Å². The molecular weight excluding hydrogens is 262 g/mol. The van der Waals surface area contributed by atoms with Gasteiger partial charge in [-0.3, -0.25) is 0 Å². The van der Waals surface area contributed by atoms with E-state index in [2.05, 4.69) is 24.4 Å². The van der Waals surface area contributed by atoms with Crippen LogP contribution >= 0.6 is 0 Å². The molecule has 0 aliphatic carbocycles. The first-order valence-electron chi connectivity index (χ1n) is 7.41. The zero-order valence-corrected chi connectivity index (χ0v) is 12.7. The van der Waals surface area contributed by atoms with Crippen molar-refractivity contribution in [2.75, 3.05) is 20.3 Å². The summed E-state index contributed by atoms with van der Waals surface area (Å²) in [6, 6.07) is 18.3. The maximum Gasteiger partial charge on any atom is 0.119 e. The van der Waals surface area contributed by atoms with Crippen LogP contribution in [-0.4, -0.2) is 20.3 Å². The minimum Gasteiger partial charge on any atom is -0.494 e. The number of hydrogen-bond acceptors (Lipinski definition) is 3. The Labute approximate surface area is 126 Å². The lowest BCUT2D eigenvalue weighted by molar-refractivity contribution is 0.272. The van der Waals surface area contributed by atoms with Gasteiger partial charge in [0.05, 0.1) is 12.6 Å². The van der Waals surface area contributed by atoms with E-state index >= 15 is 0 Å². The number of likely N-dealkylation sites (N-methyl/N-ethyl adjacent to an activating group) is 1. The van der Waals surface area contributed by atoms with Crippen LogP contribution in [-0.2, 0) is 0 Å². The van der Waals surface area contributed by atoms with Crippen LogP contribution in [0.25, 0.3) is 0 Å². The van der Waals surface area contributed by atoms with Crippen LogP contribution < -0.4 is 14.8 Å². The molecule has 0 heterocycles. The summed E-state index contributed by atoms with van der Waals surface area (Å²) in [7, 11) is 1.95. The third-order valence-electron chi connectivity index (χ3n) is 3.26. The Morgan fingerprint density at radius 2 is 1.52 bits per heavy atom. The van der Waals surface area contributed by atoms with E-state index in [1.165, 1.54) is 5.56 Å². The Morgan fingerprint density at radius 3 is 2.10 bits per heavy atom. The highest BCUT2D eigenvalue weighted by molar-refractivity contribution is 5.31. The average Bonchev–Trinajstić information content (AvgIpc) is 2.55. The molecule has 1 unspecified atom stereocenters. The van der Waals surface area contributed by atoms with Crippen LogP contribution in [0.2, 0.25) is 0 Å². The highest BCUT2D eigenvalue weighted by Crippen LogP contribution is 2.20. The molecule has 21 heavy (non-hydrogen) atoms. The highest BCUT2D eigenvalue weighted by atomic mass is 16.5. The van der Waals surface area contributed by atoms with E-state index in [4.69, 9.17) is 9.47 Å². The van der Waals surface area contributed by atoms with Gasteiger partial charge in [-0.25, -0.2) is 0 Å². The summed E-state index contributed by atoms with van der Waals surface area (Å²) in [6.07, 6.45) is 1.01. The Balaban J connectivity index is 1.89. The lowest BCUT2D eigenvalue weighted by atomic mass is 10.1. The molecule has 0 aliphatic rings. The molecule has 0 radical (unpaired) electrons. The number of rotatable bonds is 8. The van der Waals surface area contributed by atoms with E-state index in [9.17, 15) is 0 Å². The van der Waals surface area contributed by atoms with Gasteiger partial charge in [-0.15, -0.1) is 0 Å². The number of nitrogens with one attached hydrogen (secondary N) is 1. The molecule has 3 nitrogen and oxygen atoms in total. The van der Waals surface area contributed by atoms with Gasteiger partial charge in [0.1, 0.15) is 18.1 Å². The van der Waals surface area contributed by atoms with Gasteiger partial charge in [-0.2, -0.15) is 0 Å². The lowest BCUT2D eigenvalue weighted by Crippen LogP contribution is -2.23. The van der Waals surface area contributed by atoms with Gasteiger partial charge in [0.2, 0.25) is 0 Å². The average molecular weight is 285 g/mol. The predicted octanol–water partition coefficient (Wildman–Crippen LogP) is 3.81. The first-order chi connectivity index (χ1) is 10.3. The van der Waals surface area contributed by atoms with E-state index in [-0.39, 0.29) is 6.04 Å². The molecular formula is C18H23NO2. The zero-order chi connectivity index (χ0) is 14.9. The Bertz CT molecular complexity index is 511. The van der Waals surface area contributed by atoms with Crippen molar-refractivity contribution in [2.24, 2.45) is 0 Å². The molecule has 0 fully saturated rings. The van der Waals surface area contributed by atoms with E-state index in [1.54, 1.807) is 0 Å². The van der Waals surface area contributed by atoms with Crippen molar-refractivity contribution in [1.29, 1.82) is 0 Å². The van der Waals surface area contributed by atoms with Crippen molar-refractivity contribution in [3.05, 3.63) is 60.2 Å². The SMILES string of the molecule is CCCOc1ccc(OCC(NC)c2ccccc2)cc1. The molecule has 3 heteroatoms. The van der Waals surface area contributed by atoms with Crippen molar-refractivity contribution in [1.82, 2.24) is 5.32 Å². The topological polar surface area (TPSA) is 30.5 Å². The number of benzene rings is 2. The summed E-state index contributed by atoms with van der Waals surface area (Å²) < 4.78 is 11.4. The fourth-order valence-electron chi connectivity index (χ4n) is 2.06. The van der Waals surface area contributed by atoms with Crippen molar-refractivity contribution in [2.45, 2.75) is 19.4 Å². The summed E-state index contributed by atoms with van der Waals surface area (Å²) in [5.74, 6) is 1.74. The minimum atomic E-state index is 0.183. The fraction of sp³-hybridized carbons (Fsp3) is 0.333. The summed E-state index contributed by atoms with van der Waals surface area (Å²) in [6.45, 7) is 3.44. The standard InChI is InChI=1S/C18H23NO2/c1-3-13-20-16-9-11-17(12-10-16)21-14-18(19-2)15-7-5-4-6-8-15/h4-12,18-19H,3,13-14H2,1-2H3. The van der Waals surface area contributed by atoms with Crippen LogP contribution in [0.4, 0.5) is 0 Å². The van der Waals surface area contributed by atoms with Crippen molar-refractivity contribution < 1.29 is 9.47 Å². The molecule has 0 saturated carbocycles. The maximum atomic E-state index is 5.85. The molecule has 0 spiro atoms. The minimum absolute atomic E-state index is 0.183. The Hall–Kier alpha value is -2.00. The summed E-state index contributed by atoms with van der Waals surface area (Å²) in [5, 5.41) is 3.28. The Morgan fingerprint density at radius 1 is 0.905 bits per heavy atom. The summed E-state index contributed by atoms with van der Waals surface area (Å²) >= 11 is 0. The molecule has 2 aromatic carbocycles. The largest absolute Gasteiger partial charge is 0.494 e. The smallest absolute Gasteiger partial charge is 0.119 e. The van der Waals surface area contributed by atoms with Crippen LogP contribution in [0, 0.1) is 0 Å². The molecule has 0 bridgehead atoms. The van der Waals surface area contributed by atoms with Gasteiger partial charge >= 0.3 is 0 Å². The van der Waals surface area contributed by atoms with Crippen LogP contribution in [0.15, 0.2) is 54.6 Å². The van der Waals surface area contributed by atoms with E-state index in [1.807, 2.05) is 49.5 Å². The summed E-state index contributed by atoms with van der Waals surface area (Å²) in [4.78, 5) is 0. The van der Waals surface area contributed by atoms with Crippen molar-refractivity contribution in [3.63, 3.8) is 0 Å². The second-order valence-electron chi connectivity index (χ2n) is 4.88. The molecule has 0 saturated heterocycles. The van der Waals surface area contributed by atoms with Gasteiger partial charge in [-0.05, 0) is 43.3 Å². The molecule has 2 rings (SSSR count). The molecule has 112 valence electrons. The first kappa shape index (κ1) is 15.4. The zero-order valence-electron chi connectivity index (χ0n) is 12.7. The van der Waals surface area contributed by atoms with Crippen molar-refractivity contribution >= 4 is 0 Å². The van der Waals surface area contributed by atoms with E-state index in [0.29, 0.717) is 6.61 Å². The fourth-order valence-corrected chi connectivity index (χ4v) is 2.06. The van der Waals surface area contributed by atoms with E-state index in [0.717, 1.165) is 24.5 Å². The number of hydrogen-bond donors (Lipinski definition) is 1. The van der Waals surface area contributed by atoms with Crippen LogP contribution in [0.5, 0.6) is 11.5 Å². The quantitative estimate of drug-likeness (QED) is 0.800. The molecule has 1 N–H and O–H groups in total. The highest BCUT2D eigenvalue weighted by Gasteiger charge is 2.09. The molecule has 2 aromatic rings. The van der Waals surface area contributed by atoms with Crippen molar-refractivity contribution in [3.8, 4) is 11.5 Å². The maximum absolute atomic E-state index is 5.85. The normalized spacial score (nSPS) is 11.9. The predicted molar refractivity (Wildman–Crippen MR) is 86.0 cm³/mol. The van der Waals surface area contributed by atoms with Gasteiger partial charge < -0.3 is 14.8 Å². The second-order valence-corrected chi connectivity index (χ2v) is 4.88. The number of ether oxygens (including phenoxy) is 2.